The van der Waals surface area contributed by atoms with E-state index in [0.29, 0.717) is 13.0 Å². The Kier molecular flexibility index (Phi) is 3.51. The van der Waals surface area contributed by atoms with Crippen molar-refractivity contribution < 1.29 is 14.5 Å². The highest BCUT2D eigenvalue weighted by atomic mass is 16.6. The van der Waals surface area contributed by atoms with Crippen LogP contribution < -0.4 is 0 Å². The van der Waals surface area contributed by atoms with Gasteiger partial charge in [-0.15, -0.1) is 0 Å². The summed E-state index contributed by atoms with van der Waals surface area (Å²) in [6, 6.07) is 0. The van der Waals surface area contributed by atoms with Gasteiger partial charge in [0.1, 0.15) is 12.1 Å². The summed E-state index contributed by atoms with van der Waals surface area (Å²) in [5, 5.41) is 10.6. The van der Waals surface area contributed by atoms with Gasteiger partial charge in [0.05, 0.1) is 4.92 Å². The molecule has 0 aromatic rings. The first kappa shape index (κ1) is 12.5. The Morgan fingerprint density at radius 3 is 2.69 bits per heavy atom. The van der Waals surface area contributed by atoms with E-state index in [1.54, 1.807) is 26.8 Å². The summed E-state index contributed by atoms with van der Waals surface area (Å²) in [4.78, 5) is 23.1. The monoisotopic (exact) mass is 228 g/mol. The van der Waals surface area contributed by atoms with Crippen LogP contribution in [-0.2, 0) is 4.74 Å². The van der Waals surface area contributed by atoms with E-state index < -0.39 is 16.6 Å². The molecule has 0 saturated carbocycles. The average molecular weight is 228 g/mol. The first-order valence-corrected chi connectivity index (χ1v) is 5.11. The zero-order chi connectivity index (χ0) is 12.3. The third-order valence-corrected chi connectivity index (χ3v) is 2.02. The van der Waals surface area contributed by atoms with Gasteiger partial charge in [0.25, 0.3) is 5.70 Å². The molecule has 1 amide bonds. The van der Waals surface area contributed by atoms with Crippen molar-refractivity contribution in [3.05, 3.63) is 21.9 Å². The number of nitrogens with zero attached hydrogens (tertiary/aromatic N) is 2. The summed E-state index contributed by atoms with van der Waals surface area (Å²) in [6.07, 6.45) is 1.54. The smallest absolute Gasteiger partial charge is 0.410 e. The van der Waals surface area contributed by atoms with Crippen LogP contribution in [0.1, 0.15) is 27.2 Å². The molecule has 1 heterocycles. The van der Waals surface area contributed by atoms with E-state index in [0.717, 1.165) is 0 Å². The van der Waals surface area contributed by atoms with Crippen molar-refractivity contribution in [3.8, 4) is 0 Å². The number of amides is 1. The highest BCUT2D eigenvalue weighted by molar-refractivity contribution is 5.68. The van der Waals surface area contributed by atoms with Crippen molar-refractivity contribution in [1.29, 1.82) is 0 Å². The minimum absolute atomic E-state index is 0.0158. The Bertz CT molecular complexity index is 330. The molecule has 0 spiro atoms. The zero-order valence-electron chi connectivity index (χ0n) is 9.73. The van der Waals surface area contributed by atoms with Crippen LogP contribution in [0.3, 0.4) is 0 Å². The maximum atomic E-state index is 11.6. The van der Waals surface area contributed by atoms with E-state index in [4.69, 9.17) is 4.74 Å². The fraction of sp³-hybridized carbons (Fsp3) is 0.700. The van der Waals surface area contributed by atoms with Gasteiger partial charge in [-0.2, -0.15) is 0 Å². The van der Waals surface area contributed by atoms with Gasteiger partial charge in [-0.25, -0.2) is 4.79 Å². The van der Waals surface area contributed by atoms with Gasteiger partial charge in [0.15, 0.2) is 0 Å². The van der Waals surface area contributed by atoms with Gasteiger partial charge < -0.3 is 4.74 Å². The number of hydrogen-bond acceptors (Lipinski definition) is 4. The van der Waals surface area contributed by atoms with E-state index in [1.165, 1.54) is 4.90 Å². The Balaban J connectivity index is 2.60. The van der Waals surface area contributed by atoms with Gasteiger partial charge >= 0.3 is 6.09 Å². The Labute approximate surface area is 94.0 Å². The molecule has 0 unspecified atom stereocenters. The summed E-state index contributed by atoms with van der Waals surface area (Å²) in [5.74, 6) is 0. The fourth-order valence-corrected chi connectivity index (χ4v) is 1.34. The van der Waals surface area contributed by atoms with Gasteiger partial charge in [-0.05, 0) is 33.3 Å². The van der Waals surface area contributed by atoms with Crippen LogP contribution >= 0.6 is 0 Å². The van der Waals surface area contributed by atoms with Gasteiger partial charge in [-0.3, -0.25) is 15.0 Å². The second-order valence-corrected chi connectivity index (χ2v) is 4.64. The van der Waals surface area contributed by atoms with E-state index in [9.17, 15) is 14.9 Å². The Morgan fingerprint density at radius 2 is 2.19 bits per heavy atom. The molecule has 0 aliphatic carbocycles. The zero-order valence-corrected chi connectivity index (χ0v) is 9.73. The summed E-state index contributed by atoms with van der Waals surface area (Å²) >= 11 is 0. The molecule has 6 heteroatoms. The van der Waals surface area contributed by atoms with Crippen LogP contribution in [0.25, 0.3) is 0 Å². The molecule has 0 N–H and O–H groups in total. The molecule has 0 aromatic carbocycles. The van der Waals surface area contributed by atoms with Gasteiger partial charge in [0, 0.05) is 6.54 Å². The molecule has 0 aromatic heterocycles. The van der Waals surface area contributed by atoms with Gasteiger partial charge in [-0.1, -0.05) is 0 Å². The molecule has 1 rings (SSSR count). The van der Waals surface area contributed by atoms with Crippen LogP contribution in [0.4, 0.5) is 4.79 Å². The third kappa shape index (κ3) is 3.52. The highest BCUT2D eigenvalue weighted by Gasteiger charge is 2.27. The SMILES string of the molecule is CC(C)(C)OC(=O)N1CCC=C([N+](=O)[O-])C1. The van der Waals surface area contributed by atoms with Crippen LogP contribution in [0.15, 0.2) is 11.8 Å². The molecule has 90 valence electrons. The molecule has 1 aliphatic heterocycles. The molecule has 0 fully saturated rings. The molecule has 16 heavy (non-hydrogen) atoms. The molecular formula is C10H16N2O4. The highest BCUT2D eigenvalue weighted by Crippen LogP contribution is 2.15. The maximum Gasteiger partial charge on any atom is 0.410 e. The van der Waals surface area contributed by atoms with Crippen molar-refractivity contribution in [2.75, 3.05) is 13.1 Å². The second-order valence-electron chi connectivity index (χ2n) is 4.64. The molecule has 0 bridgehead atoms. The number of hydrogen-bond donors (Lipinski definition) is 0. The van der Waals surface area contributed by atoms with Crippen molar-refractivity contribution in [1.82, 2.24) is 4.90 Å². The second kappa shape index (κ2) is 4.51. The van der Waals surface area contributed by atoms with Crippen LogP contribution in [0.5, 0.6) is 0 Å². The number of nitro groups is 1. The lowest BCUT2D eigenvalue weighted by Crippen LogP contribution is -2.40. The molecule has 0 atom stereocenters. The van der Waals surface area contributed by atoms with Crippen LogP contribution in [0, 0.1) is 10.1 Å². The first-order chi connectivity index (χ1) is 7.29. The van der Waals surface area contributed by atoms with E-state index in [2.05, 4.69) is 0 Å². The maximum absolute atomic E-state index is 11.6. The van der Waals surface area contributed by atoms with Crippen LogP contribution in [0.2, 0.25) is 0 Å². The first-order valence-electron chi connectivity index (χ1n) is 5.11. The van der Waals surface area contributed by atoms with E-state index in [1.807, 2.05) is 0 Å². The average Bonchev–Trinajstić information content (AvgIpc) is 2.15. The third-order valence-electron chi connectivity index (χ3n) is 2.02. The molecule has 1 aliphatic rings. The molecule has 6 nitrogen and oxygen atoms in total. The Hall–Kier alpha value is -1.59. The van der Waals surface area contributed by atoms with Crippen molar-refractivity contribution in [2.24, 2.45) is 0 Å². The largest absolute Gasteiger partial charge is 0.444 e. The van der Waals surface area contributed by atoms with Crippen molar-refractivity contribution in [2.45, 2.75) is 32.8 Å². The Morgan fingerprint density at radius 1 is 1.56 bits per heavy atom. The predicted octanol–water partition coefficient (Wildman–Crippen LogP) is 1.79. The normalized spacial score (nSPS) is 16.7. The number of carbonyl (C=O) groups is 1. The fourth-order valence-electron chi connectivity index (χ4n) is 1.34. The van der Waals surface area contributed by atoms with Crippen molar-refractivity contribution >= 4 is 6.09 Å². The lowest BCUT2D eigenvalue weighted by molar-refractivity contribution is -0.428. The molecule has 0 saturated heterocycles. The summed E-state index contributed by atoms with van der Waals surface area (Å²) in [7, 11) is 0. The summed E-state index contributed by atoms with van der Waals surface area (Å²) in [5.41, 5.74) is -0.523. The lowest BCUT2D eigenvalue weighted by atomic mass is 10.2. The standard InChI is InChI=1S/C10H16N2O4/c1-10(2,3)16-9(13)11-6-4-5-8(7-11)12(14)15/h5H,4,6-7H2,1-3H3. The van der Waals surface area contributed by atoms with E-state index in [-0.39, 0.29) is 12.2 Å². The molecular weight excluding hydrogens is 212 g/mol. The lowest BCUT2D eigenvalue weighted by Gasteiger charge is -2.27. The van der Waals surface area contributed by atoms with E-state index >= 15 is 0 Å². The number of ether oxygens (including phenoxy) is 1. The number of carbonyl (C=O) groups excluding carboxylic acids is 1. The predicted molar refractivity (Wildman–Crippen MR) is 57.5 cm³/mol. The van der Waals surface area contributed by atoms with Crippen molar-refractivity contribution in [3.63, 3.8) is 0 Å². The summed E-state index contributed by atoms with van der Waals surface area (Å²) < 4.78 is 5.14. The van der Waals surface area contributed by atoms with Crippen LogP contribution in [-0.4, -0.2) is 34.6 Å². The van der Waals surface area contributed by atoms with Gasteiger partial charge in [0.2, 0.25) is 0 Å². The summed E-state index contributed by atoms with van der Waals surface area (Å²) in [6.45, 7) is 5.77. The topological polar surface area (TPSA) is 72.7 Å². The quantitative estimate of drug-likeness (QED) is 0.506. The minimum Gasteiger partial charge on any atom is -0.444 e. The molecule has 0 radical (unpaired) electrons. The minimum atomic E-state index is -0.576. The number of rotatable bonds is 1.